The Morgan fingerprint density at radius 1 is 1.17 bits per heavy atom. The largest absolute Gasteiger partial charge is 0.508 e. The molecule has 1 aromatic heterocycles. The van der Waals surface area contributed by atoms with Gasteiger partial charge in [-0.2, -0.15) is 0 Å². The van der Waals surface area contributed by atoms with E-state index in [1.807, 2.05) is 37.4 Å². The minimum atomic E-state index is -0.514. The van der Waals surface area contributed by atoms with E-state index in [-0.39, 0.29) is 24.7 Å². The van der Waals surface area contributed by atoms with Gasteiger partial charge in [0.2, 0.25) is 0 Å². The normalized spacial score (nSPS) is 10.7. The monoisotopic (exact) mass is 396 g/mol. The maximum absolute atomic E-state index is 12.0. The highest BCUT2D eigenvalue weighted by atomic mass is 16.5. The van der Waals surface area contributed by atoms with Gasteiger partial charge in [0, 0.05) is 42.8 Å². The number of benzene rings is 2. The number of carbonyl (C=O) groups is 2. The fourth-order valence-corrected chi connectivity index (χ4v) is 2.97. The average Bonchev–Trinajstić information content (AvgIpc) is 3.11. The Kier molecular flexibility index (Phi) is 6.73. The molecular formula is C22H24N2O5. The first-order valence-corrected chi connectivity index (χ1v) is 9.40. The van der Waals surface area contributed by atoms with Crippen molar-refractivity contribution in [2.24, 2.45) is 0 Å². The zero-order valence-corrected chi connectivity index (χ0v) is 16.3. The number of para-hydroxylation sites is 1. The number of amides is 1. The van der Waals surface area contributed by atoms with Crippen LogP contribution in [0.5, 0.6) is 5.75 Å². The number of furan rings is 1. The molecule has 1 heterocycles. The first-order chi connectivity index (χ1) is 14.0. The number of ether oxygens (including phenoxy) is 1. The molecule has 0 aliphatic rings. The lowest BCUT2D eigenvalue weighted by Gasteiger charge is -2.19. The van der Waals surface area contributed by atoms with Crippen molar-refractivity contribution in [3.63, 3.8) is 0 Å². The molecule has 0 fully saturated rings. The van der Waals surface area contributed by atoms with Crippen LogP contribution in [0, 0.1) is 0 Å². The fraction of sp³-hybridized carbons (Fsp3) is 0.273. The van der Waals surface area contributed by atoms with Gasteiger partial charge < -0.3 is 24.5 Å². The third-order valence-electron chi connectivity index (χ3n) is 4.53. The lowest BCUT2D eigenvalue weighted by molar-refractivity contribution is -0.147. The SMILES string of the molecule is CN(CCCNC(=O)COC(=O)Cc1coc2cc(O)ccc12)c1ccccc1. The summed E-state index contributed by atoms with van der Waals surface area (Å²) in [4.78, 5) is 26.0. The van der Waals surface area contributed by atoms with E-state index in [0.29, 0.717) is 17.7 Å². The third kappa shape index (κ3) is 5.75. The van der Waals surface area contributed by atoms with Crippen LogP contribution in [0.1, 0.15) is 12.0 Å². The minimum absolute atomic E-state index is 0.00702. The van der Waals surface area contributed by atoms with Gasteiger partial charge in [-0.3, -0.25) is 9.59 Å². The molecule has 7 heteroatoms. The van der Waals surface area contributed by atoms with E-state index in [1.165, 1.54) is 18.4 Å². The highest BCUT2D eigenvalue weighted by Crippen LogP contribution is 2.25. The second-order valence-electron chi connectivity index (χ2n) is 6.74. The highest BCUT2D eigenvalue weighted by Gasteiger charge is 2.13. The number of anilines is 1. The summed E-state index contributed by atoms with van der Waals surface area (Å²) in [6.45, 7) is 0.987. The van der Waals surface area contributed by atoms with E-state index in [1.54, 1.807) is 6.07 Å². The topological polar surface area (TPSA) is 92.0 Å². The van der Waals surface area contributed by atoms with Crippen LogP contribution in [-0.4, -0.2) is 43.7 Å². The number of phenolic OH excluding ortho intramolecular Hbond substituents is 1. The summed E-state index contributed by atoms with van der Waals surface area (Å²) < 4.78 is 10.4. The Bertz CT molecular complexity index is 968. The zero-order valence-electron chi connectivity index (χ0n) is 16.3. The molecule has 0 spiro atoms. The predicted octanol–water partition coefficient (Wildman–Crippen LogP) is 2.87. The second-order valence-corrected chi connectivity index (χ2v) is 6.74. The number of nitrogens with zero attached hydrogens (tertiary/aromatic N) is 1. The summed E-state index contributed by atoms with van der Waals surface area (Å²) in [6, 6.07) is 14.7. The Balaban J connectivity index is 1.35. The zero-order chi connectivity index (χ0) is 20.6. The fourth-order valence-electron chi connectivity index (χ4n) is 2.97. The molecule has 3 rings (SSSR count). The van der Waals surface area contributed by atoms with Gasteiger partial charge in [-0.1, -0.05) is 18.2 Å². The smallest absolute Gasteiger partial charge is 0.310 e. The average molecular weight is 396 g/mol. The van der Waals surface area contributed by atoms with Gasteiger partial charge in [0.05, 0.1) is 12.7 Å². The summed E-state index contributed by atoms with van der Waals surface area (Å²) in [5.74, 6) is -0.755. The van der Waals surface area contributed by atoms with E-state index < -0.39 is 5.97 Å². The molecule has 152 valence electrons. The van der Waals surface area contributed by atoms with Gasteiger partial charge in [-0.05, 0) is 30.7 Å². The van der Waals surface area contributed by atoms with Crippen LogP contribution >= 0.6 is 0 Å². The minimum Gasteiger partial charge on any atom is -0.508 e. The van der Waals surface area contributed by atoms with Crippen molar-refractivity contribution in [1.29, 1.82) is 0 Å². The van der Waals surface area contributed by atoms with Crippen LogP contribution in [0.3, 0.4) is 0 Å². The number of aromatic hydroxyl groups is 1. The number of nitrogens with one attached hydrogen (secondary N) is 1. The Morgan fingerprint density at radius 2 is 1.97 bits per heavy atom. The van der Waals surface area contributed by atoms with Gasteiger partial charge >= 0.3 is 5.97 Å². The molecule has 1 amide bonds. The van der Waals surface area contributed by atoms with Crippen LogP contribution in [0.15, 0.2) is 59.2 Å². The van der Waals surface area contributed by atoms with Gasteiger partial charge in [-0.25, -0.2) is 0 Å². The number of carbonyl (C=O) groups excluding carboxylic acids is 2. The van der Waals surface area contributed by atoms with Crippen LogP contribution < -0.4 is 10.2 Å². The lowest BCUT2D eigenvalue weighted by Crippen LogP contribution is -2.31. The van der Waals surface area contributed by atoms with Crippen LogP contribution in [0.25, 0.3) is 11.0 Å². The van der Waals surface area contributed by atoms with Crippen LogP contribution in [0.4, 0.5) is 5.69 Å². The number of hydrogen-bond acceptors (Lipinski definition) is 6. The third-order valence-corrected chi connectivity index (χ3v) is 4.53. The first kappa shape index (κ1) is 20.3. The first-order valence-electron chi connectivity index (χ1n) is 9.40. The van der Waals surface area contributed by atoms with E-state index in [0.717, 1.165) is 24.0 Å². The van der Waals surface area contributed by atoms with Crippen molar-refractivity contribution in [2.45, 2.75) is 12.8 Å². The van der Waals surface area contributed by atoms with E-state index in [9.17, 15) is 14.7 Å². The summed E-state index contributed by atoms with van der Waals surface area (Å²) in [5.41, 5.74) is 2.26. The summed E-state index contributed by atoms with van der Waals surface area (Å²) >= 11 is 0. The quantitative estimate of drug-likeness (QED) is 0.427. The Hall–Kier alpha value is -3.48. The van der Waals surface area contributed by atoms with E-state index >= 15 is 0 Å². The Labute approximate surface area is 168 Å². The summed E-state index contributed by atoms with van der Waals surface area (Å²) in [7, 11) is 2.00. The standard InChI is InChI=1S/C22H24N2O5/c1-24(17-6-3-2-4-7-17)11-5-10-23-21(26)15-29-22(27)12-16-14-28-20-13-18(25)8-9-19(16)20/h2-4,6-9,13-14,25H,5,10-12,15H2,1H3,(H,23,26). The van der Waals surface area contributed by atoms with Crippen molar-refractivity contribution >= 4 is 28.5 Å². The molecule has 2 aromatic carbocycles. The summed E-state index contributed by atoms with van der Waals surface area (Å²) in [5, 5.41) is 12.9. The molecule has 0 aliphatic heterocycles. The van der Waals surface area contributed by atoms with Crippen molar-refractivity contribution in [3.8, 4) is 5.75 Å². The van der Waals surface area contributed by atoms with E-state index in [2.05, 4.69) is 10.2 Å². The molecule has 0 saturated carbocycles. The Morgan fingerprint density at radius 3 is 2.76 bits per heavy atom. The maximum Gasteiger partial charge on any atom is 0.310 e. The molecule has 7 nitrogen and oxygen atoms in total. The van der Waals surface area contributed by atoms with Crippen molar-refractivity contribution in [1.82, 2.24) is 5.32 Å². The molecule has 0 saturated heterocycles. The molecule has 0 atom stereocenters. The van der Waals surface area contributed by atoms with Gasteiger partial charge in [0.15, 0.2) is 6.61 Å². The van der Waals surface area contributed by atoms with Gasteiger partial charge in [-0.15, -0.1) is 0 Å². The molecule has 0 radical (unpaired) electrons. The molecule has 2 N–H and O–H groups in total. The van der Waals surface area contributed by atoms with E-state index in [4.69, 9.17) is 9.15 Å². The van der Waals surface area contributed by atoms with Crippen molar-refractivity contribution < 1.29 is 23.8 Å². The number of rotatable bonds is 9. The van der Waals surface area contributed by atoms with Gasteiger partial charge in [0.25, 0.3) is 5.91 Å². The predicted molar refractivity (Wildman–Crippen MR) is 110 cm³/mol. The van der Waals surface area contributed by atoms with Crippen LogP contribution in [0.2, 0.25) is 0 Å². The molecule has 3 aromatic rings. The van der Waals surface area contributed by atoms with Crippen molar-refractivity contribution in [3.05, 3.63) is 60.4 Å². The molecule has 0 aliphatic carbocycles. The number of esters is 1. The van der Waals surface area contributed by atoms with Gasteiger partial charge in [0.1, 0.15) is 11.3 Å². The van der Waals surface area contributed by atoms with Crippen LogP contribution in [-0.2, 0) is 20.7 Å². The number of hydrogen-bond donors (Lipinski definition) is 2. The highest BCUT2D eigenvalue weighted by molar-refractivity contribution is 5.87. The molecule has 29 heavy (non-hydrogen) atoms. The molecule has 0 unspecified atom stereocenters. The number of fused-ring (bicyclic) bond motifs is 1. The maximum atomic E-state index is 12.0. The molecular weight excluding hydrogens is 372 g/mol. The lowest BCUT2D eigenvalue weighted by atomic mass is 10.1. The van der Waals surface area contributed by atoms with Crippen molar-refractivity contribution in [2.75, 3.05) is 31.6 Å². The number of phenols is 1. The second kappa shape index (κ2) is 9.64. The molecule has 0 bridgehead atoms. The summed E-state index contributed by atoms with van der Waals surface area (Å²) in [6.07, 6.45) is 2.22.